The molecule has 1 N–H and O–H groups in total. The van der Waals surface area contributed by atoms with Crippen LogP contribution < -0.4 is 0 Å². The summed E-state index contributed by atoms with van der Waals surface area (Å²) >= 11 is 0. The van der Waals surface area contributed by atoms with E-state index in [-0.39, 0.29) is 0 Å². The van der Waals surface area contributed by atoms with Gasteiger partial charge in [-0.2, -0.15) is 0 Å². The fourth-order valence-electron chi connectivity index (χ4n) is 3.64. The first-order valence-corrected chi connectivity index (χ1v) is 7.93. The van der Waals surface area contributed by atoms with Crippen molar-refractivity contribution < 1.29 is 9.84 Å². The Labute approximate surface area is 112 Å². The molecule has 2 nitrogen and oxygen atoms in total. The Hall–Kier alpha value is -0.0800. The molecule has 0 radical (unpaired) electrons. The molecule has 106 valence electrons. The molecule has 0 spiro atoms. The summed E-state index contributed by atoms with van der Waals surface area (Å²) in [6.07, 6.45) is 10.6. The maximum absolute atomic E-state index is 10.8. The molecule has 1 saturated carbocycles. The van der Waals surface area contributed by atoms with Gasteiger partial charge in [-0.3, -0.25) is 0 Å². The summed E-state index contributed by atoms with van der Waals surface area (Å²) in [7, 11) is 0. The minimum Gasteiger partial charge on any atom is -0.390 e. The molecule has 1 saturated heterocycles. The molecular weight excluding hydrogens is 224 g/mol. The second kappa shape index (κ2) is 6.38. The molecule has 1 aliphatic carbocycles. The first-order valence-electron chi connectivity index (χ1n) is 7.93. The first kappa shape index (κ1) is 14.3. The lowest BCUT2D eigenvalue weighted by molar-refractivity contribution is -0.00275. The molecule has 1 aliphatic heterocycles. The minimum atomic E-state index is -0.393. The summed E-state index contributed by atoms with van der Waals surface area (Å²) < 4.78 is 5.67. The zero-order chi connectivity index (χ0) is 13.0. The van der Waals surface area contributed by atoms with E-state index in [4.69, 9.17) is 4.74 Å². The maximum atomic E-state index is 10.8. The summed E-state index contributed by atoms with van der Waals surface area (Å²) in [5.74, 6) is 1.59. The highest BCUT2D eigenvalue weighted by Gasteiger charge is 2.32. The molecule has 0 bridgehead atoms. The van der Waals surface area contributed by atoms with Gasteiger partial charge in [0.2, 0.25) is 0 Å². The maximum Gasteiger partial charge on any atom is 0.0648 e. The highest BCUT2D eigenvalue weighted by molar-refractivity contribution is 4.85. The Morgan fingerprint density at radius 3 is 2.67 bits per heavy atom. The summed E-state index contributed by atoms with van der Waals surface area (Å²) in [5.41, 5.74) is -0.393. The van der Waals surface area contributed by atoms with Crippen LogP contribution in [0.1, 0.15) is 71.6 Å². The van der Waals surface area contributed by atoms with Crippen LogP contribution in [0.5, 0.6) is 0 Å². The third kappa shape index (κ3) is 3.96. The van der Waals surface area contributed by atoms with E-state index in [0.29, 0.717) is 6.10 Å². The molecule has 0 amide bonds. The standard InChI is InChI=1S/C16H30O2/c1-13(2)14-5-3-9-16(17,10-7-14)11-8-15-6-4-12-18-15/h13-15,17H,3-12H2,1-2H3. The lowest BCUT2D eigenvalue weighted by Gasteiger charge is -2.28. The van der Waals surface area contributed by atoms with Crippen LogP contribution in [0.2, 0.25) is 0 Å². The zero-order valence-corrected chi connectivity index (χ0v) is 12.2. The van der Waals surface area contributed by atoms with Gasteiger partial charge < -0.3 is 9.84 Å². The smallest absolute Gasteiger partial charge is 0.0648 e. The van der Waals surface area contributed by atoms with Gasteiger partial charge in [0, 0.05) is 6.61 Å². The Morgan fingerprint density at radius 2 is 2.00 bits per heavy atom. The fraction of sp³-hybridized carbons (Fsp3) is 1.00. The van der Waals surface area contributed by atoms with Crippen LogP contribution >= 0.6 is 0 Å². The predicted molar refractivity (Wildman–Crippen MR) is 74.6 cm³/mol. The van der Waals surface area contributed by atoms with Crippen LogP contribution in [0.15, 0.2) is 0 Å². The van der Waals surface area contributed by atoms with Gasteiger partial charge in [-0.25, -0.2) is 0 Å². The van der Waals surface area contributed by atoms with Crippen LogP contribution in [-0.4, -0.2) is 23.4 Å². The van der Waals surface area contributed by atoms with Gasteiger partial charge >= 0.3 is 0 Å². The molecule has 0 aromatic carbocycles. The quantitative estimate of drug-likeness (QED) is 0.771. The first-order chi connectivity index (χ1) is 8.59. The number of ether oxygens (including phenoxy) is 1. The lowest BCUT2D eigenvalue weighted by atomic mass is 9.85. The van der Waals surface area contributed by atoms with Crippen molar-refractivity contribution in [1.29, 1.82) is 0 Å². The number of hydrogen-bond acceptors (Lipinski definition) is 2. The van der Waals surface area contributed by atoms with Crippen molar-refractivity contribution in [2.24, 2.45) is 11.8 Å². The third-order valence-electron chi connectivity index (χ3n) is 5.10. The monoisotopic (exact) mass is 254 g/mol. The van der Waals surface area contributed by atoms with E-state index in [1.165, 1.54) is 32.1 Å². The van der Waals surface area contributed by atoms with Gasteiger partial charge in [0.15, 0.2) is 0 Å². The van der Waals surface area contributed by atoms with E-state index >= 15 is 0 Å². The largest absolute Gasteiger partial charge is 0.390 e. The van der Waals surface area contributed by atoms with E-state index in [9.17, 15) is 5.11 Å². The summed E-state index contributed by atoms with van der Waals surface area (Å²) in [5, 5.41) is 10.8. The molecule has 1 heterocycles. The number of aliphatic hydroxyl groups is 1. The lowest BCUT2D eigenvalue weighted by Crippen LogP contribution is -2.29. The normalized spacial score (nSPS) is 38.0. The second-order valence-electron chi connectivity index (χ2n) is 6.83. The topological polar surface area (TPSA) is 29.5 Å². The van der Waals surface area contributed by atoms with E-state index in [1.807, 2.05) is 0 Å². The molecule has 2 heteroatoms. The Balaban J connectivity index is 1.78. The fourth-order valence-corrected chi connectivity index (χ4v) is 3.64. The highest BCUT2D eigenvalue weighted by atomic mass is 16.5. The predicted octanol–water partition coefficient (Wildman–Crippen LogP) is 3.91. The highest BCUT2D eigenvalue weighted by Crippen LogP contribution is 2.37. The van der Waals surface area contributed by atoms with Crippen LogP contribution in [0.4, 0.5) is 0 Å². The second-order valence-corrected chi connectivity index (χ2v) is 6.83. The Bertz CT molecular complexity index is 245. The van der Waals surface area contributed by atoms with E-state index in [1.54, 1.807) is 0 Å². The van der Waals surface area contributed by atoms with Crippen molar-refractivity contribution >= 4 is 0 Å². The molecular formula is C16H30O2. The Kier molecular flexibility index (Phi) is 5.08. The van der Waals surface area contributed by atoms with Crippen LogP contribution in [-0.2, 0) is 4.74 Å². The molecule has 2 fully saturated rings. The summed E-state index contributed by atoms with van der Waals surface area (Å²) in [6.45, 7) is 5.57. The van der Waals surface area contributed by atoms with Crippen molar-refractivity contribution in [3.63, 3.8) is 0 Å². The van der Waals surface area contributed by atoms with Gasteiger partial charge in [0.1, 0.15) is 0 Å². The average molecular weight is 254 g/mol. The van der Waals surface area contributed by atoms with Gasteiger partial charge in [-0.05, 0) is 56.8 Å². The molecule has 18 heavy (non-hydrogen) atoms. The third-order valence-corrected chi connectivity index (χ3v) is 5.10. The number of hydrogen-bond donors (Lipinski definition) is 1. The van der Waals surface area contributed by atoms with Gasteiger partial charge in [-0.1, -0.05) is 26.7 Å². The molecule has 3 unspecified atom stereocenters. The van der Waals surface area contributed by atoms with Crippen molar-refractivity contribution in [1.82, 2.24) is 0 Å². The molecule has 0 aromatic rings. The van der Waals surface area contributed by atoms with Gasteiger partial charge in [-0.15, -0.1) is 0 Å². The molecule has 2 aliphatic rings. The molecule has 3 atom stereocenters. The molecule has 0 aromatic heterocycles. The number of rotatable bonds is 4. The van der Waals surface area contributed by atoms with Gasteiger partial charge in [0.25, 0.3) is 0 Å². The van der Waals surface area contributed by atoms with Crippen LogP contribution in [0.25, 0.3) is 0 Å². The van der Waals surface area contributed by atoms with Crippen molar-refractivity contribution in [3.8, 4) is 0 Å². The van der Waals surface area contributed by atoms with Crippen molar-refractivity contribution in [3.05, 3.63) is 0 Å². The Morgan fingerprint density at radius 1 is 1.17 bits per heavy atom. The van der Waals surface area contributed by atoms with E-state index in [2.05, 4.69) is 13.8 Å². The van der Waals surface area contributed by atoms with Gasteiger partial charge in [0.05, 0.1) is 11.7 Å². The van der Waals surface area contributed by atoms with E-state index < -0.39 is 5.60 Å². The van der Waals surface area contributed by atoms with E-state index in [0.717, 1.165) is 44.1 Å². The minimum absolute atomic E-state index is 0.393. The average Bonchev–Trinajstić information content (AvgIpc) is 2.76. The van der Waals surface area contributed by atoms with Crippen LogP contribution in [0, 0.1) is 11.8 Å². The summed E-state index contributed by atoms with van der Waals surface area (Å²) in [4.78, 5) is 0. The summed E-state index contributed by atoms with van der Waals surface area (Å²) in [6, 6.07) is 0. The van der Waals surface area contributed by atoms with Crippen LogP contribution in [0.3, 0.4) is 0 Å². The molecule has 2 rings (SSSR count). The SMILES string of the molecule is CC(C)C1CCCC(O)(CCC2CCCO2)CC1. The van der Waals surface area contributed by atoms with Crippen molar-refractivity contribution in [2.75, 3.05) is 6.61 Å². The van der Waals surface area contributed by atoms with Crippen molar-refractivity contribution in [2.45, 2.75) is 83.3 Å². The zero-order valence-electron chi connectivity index (χ0n) is 12.2.